The molecular formula is C29H19ClINO5S. The van der Waals surface area contributed by atoms with Crippen molar-refractivity contribution in [3.05, 3.63) is 109 Å². The number of hydrogen-bond donors (Lipinski definition) is 0. The van der Waals surface area contributed by atoms with Gasteiger partial charge in [0, 0.05) is 5.02 Å². The van der Waals surface area contributed by atoms with Crippen molar-refractivity contribution < 1.29 is 23.9 Å². The molecule has 0 unspecified atom stereocenters. The van der Waals surface area contributed by atoms with Crippen molar-refractivity contribution in [1.82, 2.24) is 4.90 Å². The van der Waals surface area contributed by atoms with Gasteiger partial charge in [0.1, 0.15) is 0 Å². The van der Waals surface area contributed by atoms with Crippen molar-refractivity contribution in [3.8, 4) is 11.5 Å². The van der Waals surface area contributed by atoms with E-state index in [4.69, 9.17) is 21.1 Å². The van der Waals surface area contributed by atoms with Crippen LogP contribution in [0.2, 0.25) is 5.02 Å². The van der Waals surface area contributed by atoms with Gasteiger partial charge in [-0.15, -0.1) is 0 Å². The lowest BCUT2D eigenvalue weighted by atomic mass is 10.0. The summed E-state index contributed by atoms with van der Waals surface area (Å²) in [5.74, 6) is -0.378. The number of rotatable bonds is 6. The highest BCUT2D eigenvalue weighted by Gasteiger charge is 2.35. The molecule has 0 aromatic heterocycles. The lowest BCUT2D eigenvalue weighted by Gasteiger charge is -2.14. The summed E-state index contributed by atoms with van der Waals surface area (Å²) in [4.78, 5) is 40.2. The van der Waals surface area contributed by atoms with E-state index in [1.54, 1.807) is 36.4 Å². The van der Waals surface area contributed by atoms with Gasteiger partial charge in [-0.25, -0.2) is 4.79 Å². The van der Waals surface area contributed by atoms with E-state index >= 15 is 0 Å². The second-order valence-electron chi connectivity index (χ2n) is 8.34. The first-order valence-corrected chi connectivity index (χ1v) is 13.7. The summed E-state index contributed by atoms with van der Waals surface area (Å²) >= 11 is 8.92. The Labute approximate surface area is 241 Å². The maximum absolute atomic E-state index is 13.2. The predicted molar refractivity (Wildman–Crippen MR) is 158 cm³/mol. The summed E-state index contributed by atoms with van der Waals surface area (Å²) in [7, 11) is 1.46. The van der Waals surface area contributed by atoms with Crippen LogP contribution in [0.3, 0.4) is 0 Å². The number of esters is 1. The molecule has 1 aliphatic rings. The summed E-state index contributed by atoms with van der Waals surface area (Å²) in [5.41, 5.74) is 1.83. The Morgan fingerprint density at radius 3 is 2.58 bits per heavy atom. The van der Waals surface area contributed by atoms with Gasteiger partial charge in [0.2, 0.25) is 0 Å². The standard InChI is InChI=1S/C29H19ClINO5S/c1-36-24-13-17(12-23(31)26(24)37-28(34)19-8-5-10-21(30)15-19)14-25-27(33)32(29(35)38-25)16-20-9-4-7-18-6-2-3-11-22(18)20/h2-15H,16H2,1H3/b25-14-. The summed E-state index contributed by atoms with van der Waals surface area (Å²) in [6.45, 7) is 0.183. The molecule has 0 N–H and O–H groups in total. The Hall–Kier alpha value is -3.34. The highest BCUT2D eigenvalue weighted by molar-refractivity contribution is 14.1. The Morgan fingerprint density at radius 2 is 1.79 bits per heavy atom. The van der Waals surface area contributed by atoms with E-state index < -0.39 is 5.97 Å². The van der Waals surface area contributed by atoms with Crippen LogP contribution in [-0.2, 0) is 11.3 Å². The fourth-order valence-corrected chi connectivity index (χ4v) is 5.84. The number of carbonyl (C=O) groups is 3. The molecule has 0 saturated carbocycles. The number of ether oxygens (including phenoxy) is 2. The topological polar surface area (TPSA) is 72.9 Å². The molecule has 0 atom stereocenters. The number of thioether (sulfide) groups is 1. The maximum Gasteiger partial charge on any atom is 0.343 e. The number of imide groups is 1. The van der Waals surface area contributed by atoms with Gasteiger partial charge < -0.3 is 9.47 Å². The van der Waals surface area contributed by atoms with Gasteiger partial charge in [-0.05, 0) is 92.7 Å². The highest BCUT2D eigenvalue weighted by Crippen LogP contribution is 2.38. The molecule has 0 aliphatic carbocycles. The highest BCUT2D eigenvalue weighted by atomic mass is 127. The number of amides is 2. The van der Waals surface area contributed by atoms with Gasteiger partial charge in [0.25, 0.3) is 11.1 Å². The number of methoxy groups -OCH3 is 1. The molecule has 6 nitrogen and oxygen atoms in total. The molecule has 1 fully saturated rings. The third-order valence-electron chi connectivity index (χ3n) is 5.89. The third-order valence-corrected chi connectivity index (χ3v) is 7.83. The van der Waals surface area contributed by atoms with E-state index in [2.05, 4.69) is 0 Å². The number of carbonyl (C=O) groups excluding carboxylic acids is 3. The van der Waals surface area contributed by atoms with E-state index in [-0.39, 0.29) is 23.4 Å². The smallest absolute Gasteiger partial charge is 0.343 e. The molecule has 1 saturated heterocycles. The molecule has 0 bridgehead atoms. The monoisotopic (exact) mass is 655 g/mol. The van der Waals surface area contributed by atoms with Crippen LogP contribution < -0.4 is 9.47 Å². The normalized spacial score (nSPS) is 14.4. The molecule has 9 heteroatoms. The number of hydrogen-bond acceptors (Lipinski definition) is 6. The SMILES string of the molecule is COc1cc(/C=C2\SC(=O)N(Cc3cccc4ccccc34)C2=O)cc(I)c1OC(=O)c1cccc(Cl)c1. The summed E-state index contributed by atoms with van der Waals surface area (Å²) in [6.07, 6.45) is 1.64. The minimum Gasteiger partial charge on any atom is -0.493 e. The van der Waals surface area contributed by atoms with Gasteiger partial charge in [0.05, 0.1) is 27.7 Å². The van der Waals surface area contributed by atoms with Gasteiger partial charge in [0.15, 0.2) is 11.5 Å². The summed E-state index contributed by atoms with van der Waals surface area (Å²) < 4.78 is 11.7. The van der Waals surface area contributed by atoms with Crippen molar-refractivity contribution >= 4 is 79.9 Å². The van der Waals surface area contributed by atoms with E-state index in [0.29, 0.717) is 30.4 Å². The van der Waals surface area contributed by atoms with Crippen LogP contribution in [-0.4, -0.2) is 29.1 Å². The van der Waals surface area contributed by atoms with E-state index in [0.717, 1.165) is 28.1 Å². The van der Waals surface area contributed by atoms with Crippen LogP contribution in [0.5, 0.6) is 11.5 Å². The number of fused-ring (bicyclic) bond motifs is 1. The average Bonchev–Trinajstić information content (AvgIpc) is 3.17. The van der Waals surface area contributed by atoms with Crippen LogP contribution in [0.15, 0.2) is 83.8 Å². The molecule has 2 amide bonds. The Balaban J connectivity index is 1.39. The largest absolute Gasteiger partial charge is 0.493 e. The fourth-order valence-electron chi connectivity index (χ4n) is 4.08. The van der Waals surface area contributed by atoms with E-state index in [9.17, 15) is 14.4 Å². The van der Waals surface area contributed by atoms with Gasteiger partial charge in [-0.2, -0.15) is 0 Å². The predicted octanol–water partition coefficient (Wildman–Crippen LogP) is 7.56. The maximum atomic E-state index is 13.2. The Bertz CT molecular complexity index is 1630. The lowest BCUT2D eigenvalue weighted by Crippen LogP contribution is -2.27. The van der Waals surface area contributed by atoms with Crippen molar-refractivity contribution in [2.75, 3.05) is 7.11 Å². The molecule has 4 aromatic carbocycles. The molecule has 1 aliphatic heterocycles. The number of nitrogens with zero attached hydrogens (tertiary/aromatic N) is 1. The third kappa shape index (κ3) is 5.43. The number of benzene rings is 4. The first-order valence-electron chi connectivity index (χ1n) is 11.4. The summed E-state index contributed by atoms with van der Waals surface area (Å²) in [6, 6.07) is 23.6. The van der Waals surface area contributed by atoms with Crippen LogP contribution in [0.25, 0.3) is 16.8 Å². The summed E-state index contributed by atoms with van der Waals surface area (Å²) in [5, 5.41) is 2.14. The molecule has 190 valence electrons. The van der Waals surface area contributed by atoms with Gasteiger partial charge >= 0.3 is 5.97 Å². The van der Waals surface area contributed by atoms with Crippen molar-refractivity contribution in [2.24, 2.45) is 0 Å². The van der Waals surface area contributed by atoms with Crippen LogP contribution in [0, 0.1) is 3.57 Å². The molecule has 0 radical (unpaired) electrons. The molecular weight excluding hydrogens is 637 g/mol. The van der Waals surface area contributed by atoms with E-state index in [1.807, 2.05) is 65.1 Å². The van der Waals surface area contributed by atoms with Crippen molar-refractivity contribution in [1.29, 1.82) is 0 Å². The van der Waals surface area contributed by atoms with Crippen LogP contribution in [0.4, 0.5) is 4.79 Å². The Kier molecular flexibility index (Phi) is 7.73. The zero-order valence-electron chi connectivity index (χ0n) is 19.9. The van der Waals surface area contributed by atoms with Crippen molar-refractivity contribution in [3.63, 3.8) is 0 Å². The Morgan fingerprint density at radius 1 is 1.03 bits per heavy atom. The molecule has 38 heavy (non-hydrogen) atoms. The van der Waals surface area contributed by atoms with Crippen molar-refractivity contribution in [2.45, 2.75) is 6.54 Å². The van der Waals surface area contributed by atoms with Gasteiger partial charge in [-0.3, -0.25) is 14.5 Å². The minimum atomic E-state index is -0.578. The average molecular weight is 656 g/mol. The van der Waals surface area contributed by atoms with Crippen LogP contribution in [0.1, 0.15) is 21.5 Å². The molecule has 1 heterocycles. The molecule has 5 rings (SSSR count). The fraction of sp³-hybridized carbons (Fsp3) is 0.0690. The zero-order chi connectivity index (χ0) is 26.8. The first kappa shape index (κ1) is 26.3. The second-order valence-corrected chi connectivity index (χ2v) is 10.9. The lowest BCUT2D eigenvalue weighted by molar-refractivity contribution is -0.123. The zero-order valence-corrected chi connectivity index (χ0v) is 23.7. The molecule has 0 spiro atoms. The molecule has 4 aromatic rings. The van der Waals surface area contributed by atoms with E-state index in [1.165, 1.54) is 18.1 Å². The second kappa shape index (κ2) is 11.2. The van der Waals surface area contributed by atoms with Crippen LogP contribution >= 0.6 is 46.0 Å². The van der Waals surface area contributed by atoms with Gasteiger partial charge in [-0.1, -0.05) is 60.1 Å². The number of halogens is 2. The first-order chi connectivity index (χ1) is 18.3. The quantitative estimate of drug-likeness (QED) is 0.0924. The minimum absolute atomic E-state index is 0.183.